The van der Waals surface area contributed by atoms with Crippen LogP contribution in [0.2, 0.25) is 0 Å². The van der Waals surface area contributed by atoms with Gasteiger partial charge in [-0.3, -0.25) is 14.6 Å². The first-order chi connectivity index (χ1) is 13.1. The molecule has 2 fully saturated rings. The van der Waals surface area contributed by atoms with E-state index in [4.69, 9.17) is 4.74 Å². The van der Waals surface area contributed by atoms with Crippen LogP contribution in [0.3, 0.4) is 0 Å². The molecular weight excluding hydrogens is 346 g/mol. The maximum absolute atomic E-state index is 13.2. The summed E-state index contributed by atoms with van der Waals surface area (Å²) in [6.45, 7) is 2.99. The fraction of sp³-hybridized carbons (Fsp3) is 0.737. The van der Waals surface area contributed by atoms with Crippen LogP contribution in [0.15, 0.2) is 6.33 Å². The fourth-order valence-electron chi connectivity index (χ4n) is 5.04. The zero-order valence-corrected chi connectivity index (χ0v) is 16.2. The Kier molecular flexibility index (Phi) is 4.84. The lowest BCUT2D eigenvalue weighted by molar-refractivity contribution is -0.140. The molecule has 148 valence electrons. The lowest BCUT2D eigenvalue weighted by Gasteiger charge is -2.49. The average Bonchev–Trinajstić information content (AvgIpc) is 3.20. The molecule has 8 heteroatoms. The molecule has 0 radical (unpaired) electrons. The Morgan fingerprint density at radius 2 is 2.00 bits per heavy atom. The summed E-state index contributed by atoms with van der Waals surface area (Å²) < 4.78 is 4.89. The quantitative estimate of drug-likeness (QED) is 0.801. The SMILES string of the molecule is COC(=O)N1CCCCC1C(=O)N1CCC2(CC1)c1nc[nH]c1CCN2C. The monoisotopic (exact) mass is 375 g/mol. The number of piperidine rings is 2. The van der Waals surface area contributed by atoms with Gasteiger partial charge in [-0.1, -0.05) is 0 Å². The number of imidazole rings is 1. The highest BCUT2D eigenvalue weighted by molar-refractivity contribution is 5.86. The second-order valence-corrected chi connectivity index (χ2v) is 7.93. The Hall–Kier alpha value is -2.09. The van der Waals surface area contributed by atoms with Gasteiger partial charge in [0.15, 0.2) is 0 Å². The highest BCUT2D eigenvalue weighted by atomic mass is 16.5. The van der Waals surface area contributed by atoms with E-state index in [1.54, 1.807) is 11.2 Å². The van der Waals surface area contributed by atoms with Crippen molar-refractivity contribution in [3.05, 3.63) is 17.7 Å². The maximum Gasteiger partial charge on any atom is 0.410 e. The van der Waals surface area contributed by atoms with Crippen molar-refractivity contribution in [3.8, 4) is 0 Å². The minimum atomic E-state index is -0.394. The molecule has 1 aromatic heterocycles. The number of aromatic nitrogens is 2. The summed E-state index contributed by atoms with van der Waals surface area (Å²) in [5.41, 5.74) is 2.30. The number of aromatic amines is 1. The van der Waals surface area contributed by atoms with Gasteiger partial charge in [0.05, 0.1) is 24.7 Å². The lowest BCUT2D eigenvalue weighted by atomic mass is 9.79. The molecule has 27 heavy (non-hydrogen) atoms. The largest absolute Gasteiger partial charge is 0.453 e. The van der Waals surface area contributed by atoms with Gasteiger partial charge < -0.3 is 14.6 Å². The number of carbonyl (C=O) groups is 2. The summed E-state index contributed by atoms with van der Waals surface area (Å²) in [6.07, 6.45) is 6.76. The Balaban J connectivity index is 1.48. The molecule has 3 aliphatic rings. The van der Waals surface area contributed by atoms with Gasteiger partial charge in [-0.15, -0.1) is 0 Å². The number of H-pyrrole nitrogens is 1. The van der Waals surface area contributed by atoms with Gasteiger partial charge in [0.2, 0.25) is 5.91 Å². The van der Waals surface area contributed by atoms with Gasteiger partial charge in [0, 0.05) is 38.3 Å². The molecule has 2 saturated heterocycles. The van der Waals surface area contributed by atoms with Crippen LogP contribution >= 0.6 is 0 Å². The van der Waals surface area contributed by atoms with E-state index in [0.29, 0.717) is 19.6 Å². The van der Waals surface area contributed by atoms with Crippen molar-refractivity contribution in [2.24, 2.45) is 0 Å². The first kappa shape index (κ1) is 18.3. The average molecular weight is 375 g/mol. The molecule has 1 unspecified atom stereocenters. The normalized spacial score (nSPS) is 25.3. The van der Waals surface area contributed by atoms with Gasteiger partial charge in [-0.2, -0.15) is 0 Å². The number of nitrogens with zero attached hydrogens (tertiary/aromatic N) is 4. The van der Waals surface area contributed by atoms with Crippen LogP contribution in [0.25, 0.3) is 0 Å². The summed E-state index contributed by atoms with van der Waals surface area (Å²) in [5, 5.41) is 0. The van der Waals surface area contributed by atoms with Gasteiger partial charge in [-0.05, 0) is 39.2 Å². The van der Waals surface area contributed by atoms with Crippen molar-refractivity contribution in [2.45, 2.75) is 50.1 Å². The van der Waals surface area contributed by atoms with E-state index in [9.17, 15) is 9.59 Å². The molecule has 0 bridgehead atoms. The molecule has 0 aliphatic carbocycles. The number of likely N-dealkylation sites (N-methyl/N-ethyl adjacent to an activating group) is 1. The molecule has 4 rings (SSSR count). The second kappa shape index (κ2) is 7.14. The number of hydrogen-bond acceptors (Lipinski definition) is 5. The summed E-state index contributed by atoms with van der Waals surface area (Å²) >= 11 is 0. The predicted molar refractivity (Wildman–Crippen MR) is 99.2 cm³/mol. The Morgan fingerprint density at radius 3 is 2.74 bits per heavy atom. The van der Waals surface area contributed by atoms with Crippen LogP contribution in [0.4, 0.5) is 4.79 Å². The molecule has 0 saturated carbocycles. The smallest absolute Gasteiger partial charge is 0.410 e. The molecule has 1 aromatic rings. The zero-order valence-electron chi connectivity index (χ0n) is 16.2. The van der Waals surface area contributed by atoms with E-state index in [-0.39, 0.29) is 17.5 Å². The summed E-state index contributed by atoms with van der Waals surface area (Å²) in [4.78, 5) is 39.1. The summed E-state index contributed by atoms with van der Waals surface area (Å²) in [6, 6.07) is -0.384. The molecule has 1 N–H and O–H groups in total. The molecule has 3 aliphatic heterocycles. The Morgan fingerprint density at radius 1 is 1.22 bits per heavy atom. The van der Waals surface area contributed by atoms with Crippen LogP contribution in [-0.4, -0.2) is 83.0 Å². The molecule has 8 nitrogen and oxygen atoms in total. The van der Waals surface area contributed by atoms with E-state index >= 15 is 0 Å². The number of carbonyl (C=O) groups excluding carboxylic acids is 2. The van der Waals surface area contributed by atoms with Crippen molar-refractivity contribution < 1.29 is 14.3 Å². The number of fused-ring (bicyclic) bond motifs is 2. The standard InChI is InChI=1S/C19H29N5O3/c1-22-10-6-14-16(21-13-20-14)19(22)7-11-23(12-8-19)17(25)15-5-3-4-9-24(15)18(26)27-2/h13,15H,3-12H2,1-2H3,(H,20,21). The molecule has 4 heterocycles. The van der Waals surface area contributed by atoms with E-state index in [2.05, 4.69) is 21.9 Å². The van der Waals surface area contributed by atoms with Crippen molar-refractivity contribution in [2.75, 3.05) is 40.3 Å². The zero-order chi connectivity index (χ0) is 19.0. The molecule has 1 spiro atoms. The maximum atomic E-state index is 13.2. The number of rotatable bonds is 1. The van der Waals surface area contributed by atoms with Crippen LogP contribution < -0.4 is 0 Å². The second-order valence-electron chi connectivity index (χ2n) is 7.93. The first-order valence-corrected chi connectivity index (χ1v) is 9.94. The van der Waals surface area contributed by atoms with Crippen molar-refractivity contribution in [1.29, 1.82) is 0 Å². The fourth-order valence-corrected chi connectivity index (χ4v) is 5.04. The van der Waals surface area contributed by atoms with E-state index in [1.165, 1.54) is 12.8 Å². The topological polar surface area (TPSA) is 81.8 Å². The van der Waals surface area contributed by atoms with Gasteiger partial charge in [0.25, 0.3) is 0 Å². The number of likely N-dealkylation sites (tertiary alicyclic amines) is 2. The highest BCUT2D eigenvalue weighted by Crippen LogP contribution is 2.41. The molecule has 1 atom stereocenters. The van der Waals surface area contributed by atoms with E-state index in [1.807, 2.05) is 4.90 Å². The number of nitrogens with one attached hydrogen (secondary N) is 1. The van der Waals surface area contributed by atoms with Crippen LogP contribution in [0.1, 0.15) is 43.5 Å². The molecular formula is C19H29N5O3. The highest BCUT2D eigenvalue weighted by Gasteiger charge is 2.46. The third-order valence-corrected chi connectivity index (χ3v) is 6.69. The minimum absolute atomic E-state index is 0.0654. The van der Waals surface area contributed by atoms with Crippen LogP contribution in [0, 0.1) is 0 Å². The van der Waals surface area contributed by atoms with Crippen LogP contribution in [-0.2, 0) is 21.5 Å². The van der Waals surface area contributed by atoms with Crippen molar-refractivity contribution in [1.82, 2.24) is 24.7 Å². The number of ether oxygens (including phenoxy) is 1. The minimum Gasteiger partial charge on any atom is -0.453 e. The predicted octanol–water partition coefficient (Wildman–Crippen LogP) is 1.34. The molecule has 2 amide bonds. The summed E-state index contributed by atoms with van der Waals surface area (Å²) in [7, 11) is 3.54. The van der Waals surface area contributed by atoms with Gasteiger partial charge in [0.1, 0.15) is 6.04 Å². The third kappa shape index (κ3) is 2.99. The van der Waals surface area contributed by atoms with Crippen molar-refractivity contribution in [3.63, 3.8) is 0 Å². The van der Waals surface area contributed by atoms with E-state index < -0.39 is 6.09 Å². The van der Waals surface area contributed by atoms with Gasteiger partial charge >= 0.3 is 6.09 Å². The first-order valence-electron chi connectivity index (χ1n) is 9.94. The lowest BCUT2D eigenvalue weighted by Crippen LogP contribution is -2.59. The Labute approximate surface area is 159 Å². The summed E-state index contributed by atoms with van der Waals surface area (Å²) in [5.74, 6) is 0.0654. The number of hydrogen-bond donors (Lipinski definition) is 1. The third-order valence-electron chi connectivity index (χ3n) is 6.69. The van der Waals surface area contributed by atoms with Crippen LogP contribution in [0.5, 0.6) is 0 Å². The van der Waals surface area contributed by atoms with Crippen molar-refractivity contribution >= 4 is 12.0 Å². The van der Waals surface area contributed by atoms with Gasteiger partial charge in [-0.25, -0.2) is 9.78 Å². The Bertz CT molecular complexity index is 710. The van der Waals surface area contributed by atoms with E-state index in [0.717, 1.165) is 50.8 Å². The number of amides is 2. The molecule has 0 aromatic carbocycles. The number of methoxy groups -OCH3 is 1.